The van der Waals surface area contributed by atoms with Gasteiger partial charge in [-0.1, -0.05) is 41.9 Å². The van der Waals surface area contributed by atoms with Crippen molar-refractivity contribution in [1.82, 2.24) is 0 Å². The third kappa shape index (κ3) is 2.09. The van der Waals surface area contributed by atoms with Crippen molar-refractivity contribution in [2.24, 2.45) is 5.73 Å². The van der Waals surface area contributed by atoms with E-state index in [9.17, 15) is 4.79 Å². The topological polar surface area (TPSA) is 55.1 Å². The van der Waals surface area contributed by atoms with Crippen LogP contribution < -0.4 is 11.1 Å². The summed E-state index contributed by atoms with van der Waals surface area (Å²) in [6.07, 6.45) is 0. The molecule has 3 rings (SSSR count). The number of carbonyl (C=O) groups is 1. The van der Waals surface area contributed by atoms with Crippen molar-refractivity contribution in [2.75, 3.05) is 5.32 Å². The number of carbonyl (C=O) groups excluding carboxylic acids is 1. The molecule has 3 nitrogen and oxygen atoms in total. The second-order valence-corrected chi connectivity index (χ2v) is 5.49. The minimum absolute atomic E-state index is 0.0104. The summed E-state index contributed by atoms with van der Waals surface area (Å²) < 4.78 is 0. The molecule has 1 heterocycles. The van der Waals surface area contributed by atoms with Crippen LogP contribution in [0, 0.1) is 0 Å². The van der Waals surface area contributed by atoms with Crippen molar-refractivity contribution < 1.29 is 4.79 Å². The molecule has 2 unspecified atom stereocenters. The summed E-state index contributed by atoms with van der Waals surface area (Å²) >= 11 is 6.18. The van der Waals surface area contributed by atoms with Crippen molar-refractivity contribution in [2.45, 2.75) is 18.9 Å². The summed E-state index contributed by atoms with van der Waals surface area (Å²) in [6.45, 7) is 1.87. The maximum Gasteiger partial charge on any atom is 0.231 e. The first-order chi connectivity index (χ1) is 9.58. The van der Waals surface area contributed by atoms with Crippen molar-refractivity contribution in [3.63, 3.8) is 0 Å². The van der Waals surface area contributed by atoms with E-state index in [-0.39, 0.29) is 17.9 Å². The van der Waals surface area contributed by atoms with E-state index in [0.29, 0.717) is 5.02 Å². The van der Waals surface area contributed by atoms with E-state index in [4.69, 9.17) is 17.3 Å². The van der Waals surface area contributed by atoms with Gasteiger partial charge in [-0.25, -0.2) is 0 Å². The van der Waals surface area contributed by atoms with Gasteiger partial charge in [-0.05, 0) is 35.7 Å². The number of nitrogens with two attached hydrogens (primary N) is 1. The van der Waals surface area contributed by atoms with Crippen LogP contribution in [-0.4, -0.2) is 5.91 Å². The first-order valence-corrected chi connectivity index (χ1v) is 6.90. The lowest BCUT2D eigenvalue weighted by molar-refractivity contribution is -0.116. The number of anilines is 1. The third-order valence-corrected chi connectivity index (χ3v) is 3.98. The molecule has 4 heteroatoms. The summed E-state index contributed by atoms with van der Waals surface area (Å²) in [4.78, 5) is 11.9. The maximum absolute atomic E-state index is 11.9. The van der Waals surface area contributed by atoms with Crippen LogP contribution in [0.25, 0.3) is 0 Å². The molecule has 1 aliphatic heterocycles. The molecule has 2 aromatic carbocycles. The first kappa shape index (κ1) is 13.2. The van der Waals surface area contributed by atoms with E-state index < -0.39 is 0 Å². The minimum atomic E-state index is -0.311. The Hall–Kier alpha value is -1.84. The van der Waals surface area contributed by atoms with Crippen LogP contribution in [-0.2, 0) is 4.79 Å². The smallest absolute Gasteiger partial charge is 0.231 e. The van der Waals surface area contributed by atoms with Gasteiger partial charge < -0.3 is 11.1 Å². The Labute approximate surface area is 122 Å². The van der Waals surface area contributed by atoms with E-state index >= 15 is 0 Å². The molecule has 1 aliphatic rings. The Bertz CT molecular complexity index is 670. The molecule has 0 spiro atoms. The van der Waals surface area contributed by atoms with Gasteiger partial charge in [0, 0.05) is 10.7 Å². The van der Waals surface area contributed by atoms with Gasteiger partial charge in [-0.15, -0.1) is 0 Å². The number of benzene rings is 2. The van der Waals surface area contributed by atoms with Crippen molar-refractivity contribution in [3.8, 4) is 0 Å². The van der Waals surface area contributed by atoms with Crippen molar-refractivity contribution in [1.29, 1.82) is 0 Å². The van der Waals surface area contributed by atoms with Crippen LogP contribution in [0.2, 0.25) is 5.02 Å². The molecule has 0 radical (unpaired) electrons. The van der Waals surface area contributed by atoms with Crippen molar-refractivity contribution in [3.05, 3.63) is 64.2 Å². The Morgan fingerprint density at radius 1 is 1.25 bits per heavy atom. The zero-order valence-electron chi connectivity index (χ0n) is 11.1. The highest BCUT2D eigenvalue weighted by atomic mass is 35.5. The summed E-state index contributed by atoms with van der Waals surface area (Å²) in [5.74, 6) is -0.200. The standard InChI is InChI=1S/C16H15ClN2O/c1-9-12-7-11(17)8-13(15(12)19-16(9)20)14(18)10-5-3-2-4-6-10/h2-9,14H,18H2,1H3,(H,19,20). The Kier molecular flexibility index (Phi) is 3.24. The highest BCUT2D eigenvalue weighted by molar-refractivity contribution is 6.31. The molecule has 3 N–H and O–H groups in total. The quantitative estimate of drug-likeness (QED) is 0.888. The maximum atomic E-state index is 11.9. The molecule has 0 fully saturated rings. The number of hydrogen-bond donors (Lipinski definition) is 2. The highest BCUT2D eigenvalue weighted by Gasteiger charge is 2.30. The molecule has 0 bridgehead atoms. The molecular weight excluding hydrogens is 272 g/mol. The van der Waals surface area contributed by atoms with Gasteiger partial charge in [0.25, 0.3) is 0 Å². The van der Waals surface area contributed by atoms with Gasteiger partial charge >= 0.3 is 0 Å². The number of nitrogens with one attached hydrogen (secondary N) is 1. The monoisotopic (exact) mass is 286 g/mol. The van der Waals surface area contributed by atoms with Crippen LogP contribution in [0.3, 0.4) is 0 Å². The number of halogens is 1. The molecule has 2 atom stereocenters. The van der Waals surface area contributed by atoms with E-state index in [1.165, 1.54) is 0 Å². The molecule has 0 saturated heterocycles. The minimum Gasteiger partial charge on any atom is -0.325 e. The predicted octanol–water partition coefficient (Wildman–Crippen LogP) is 3.44. The van der Waals surface area contributed by atoms with Crippen LogP contribution in [0.1, 0.15) is 35.6 Å². The summed E-state index contributed by atoms with van der Waals surface area (Å²) in [7, 11) is 0. The van der Waals surface area contributed by atoms with Crippen LogP contribution >= 0.6 is 11.6 Å². The molecule has 2 aromatic rings. The average Bonchev–Trinajstić information content (AvgIpc) is 2.74. The Morgan fingerprint density at radius 2 is 1.95 bits per heavy atom. The van der Waals surface area contributed by atoms with Gasteiger partial charge in [-0.3, -0.25) is 4.79 Å². The highest BCUT2D eigenvalue weighted by Crippen LogP contribution is 2.40. The second kappa shape index (κ2) is 4.93. The molecule has 1 amide bonds. The molecule has 102 valence electrons. The van der Waals surface area contributed by atoms with Crippen LogP contribution in [0.5, 0.6) is 0 Å². The lowest BCUT2D eigenvalue weighted by Gasteiger charge is -2.17. The van der Waals surface area contributed by atoms with Crippen molar-refractivity contribution >= 4 is 23.2 Å². The fourth-order valence-corrected chi connectivity index (χ4v) is 2.83. The largest absolute Gasteiger partial charge is 0.325 e. The molecule has 20 heavy (non-hydrogen) atoms. The van der Waals surface area contributed by atoms with E-state index in [2.05, 4.69) is 5.32 Å². The SMILES string of the molecule is CC1C(=O)Nc2c1cc(Cl)cc2C(N)c1ccccc1. The average molecular weight is 287 g/mol. The normalized spacial score (nSPS) is 18.6. The molecular formula is C16H15ClN2O. The van der Waals surface area contributed by atoms with Gasteiger partial charge in [0.15, 0.2) is 0 Å². The summed E-state index contributed by atoms with van der Waals surface area (Å²) in [6, 6.07) is 13.1. The van der Waals surface area contributed by atoms with Crippen LogP contribution in [0.4, 0.5) is 5.69 Å². The zero-order chi connectivity index (χ0) is 14.3. The lowest BCUT2D eigenvalue weighted by atomic mass is 9.94. The molecule has 0 aliphatic carbocycles. The van der Waals surface area contributed by atoms with E-state index in [1.54, 1.807) is 0 Å². The van der Waals surface area contributed by atoms with E-state index in [1.807, 2.05) is 49.4 Å². The summed E-state index contributed by atoms with van der Waals surface area (Å²) in [5.41, 5.74) is 9.92. The van der Waals surface area contributed by atoms with Gasteiger partial charge in [-0.2, -0.15) is 0 Å². The van der Waals surface area contributed by atoms with Gasteiger partial charge in [0.05, 0.1) is 12.0 Å². The van der Waals surface area contributed by atoms with E-state index in [0.717, 1.165) is 22.4 Å². The number of fused-ring (bicyclic) bond motifs is 1. The van der Waals surface area contributed by atoms with Gasteiger partial charge in [0.2, 0.25) is 5.91 Å². The Balaban J connectivity index is 2.12. The fourth-order valence-electron chi connectivity index (χ4n) is 2.59. The van der Waals surface area contributed by atoms with Gasteiger partial charge in [0.1, 0.15) is 0 Å². The third-order valence-electron chi connectivity index (χ3n) is 3.77. The molecule has 0 aromatic heterocycles. The number of rotatable bonds is 2. The van der Waals surface area contributed by atoms with Crippen LogP contribution in [0.15, 0.2) is 42.5 Å². The number of amides is 1. The fraction of sp³-hybridized carbons (Fsp3) is 0.188. The first-order valence-electron chi connectivity index (χ1n) is 6.52. The predicted molar refractivity (Wildman–Crippen MR) is 81.0 cm³/mol. The zero-order valence-corrected chi connectivity index (χ0v) is 11.8. The molecule has 0 saturated carbocycles. The Morgan fingerprint density at radius 3 is 2.65 bits per heavy atom. The lowest BCUT2D eigenvalue weighted by Crippen LogP contribution is -2.14. The second-order valence-electron chi connectivity index (χ2n) is 5.06. The summed E-state index contributed by atoms with van der Waals surface area (Å²) in [5, 5.41) is 3.52. The number of hydrogen-bond acceptors (Lipinski definition) is 2.